The van der Waals surface area contributed by atoms with Gasteiger partial charge >= 0.3 is 0 Å². The van der Waals surface area contributed by atoms with E-state index in [4.69, 9.17) is 0 Å². The number of phenolic OH excluding ortho intramolecular Hbond substituents is 1. The Morgan fingerprint density at radius 1 is 1.35 bits per heavy atom. The summed E-state index contributed by atoms with van der Waals surface area (Å²) < 4.78 is 0.508. The van der Waals surface area contributed by atoms with Crippen molar-refractivity contribution in [3.63, 3.8) is 0 Å². The summed E-state index contributed by atoms with van der Waals surface area (Å²) in [6.45, 7) is 0. The van der Waals surface area contributed by atoms with Crippen LogP contribution in [0, 0.1) is 0 Å². The second-order valence-corrected chi connectivity index (χ2v) is 4.32. The molecule has 2 aromatic heterocycles. The van der Waals surface area contributed by atoms with Gasteiger partial charge in [-0.05, 0) is 12.1 Å². The maximum atomic E-state index is 11.7. The largest absolute Gasteiger partial charge is 0.508 e. The van der Waals surface area contributed by atoms with Gasteiger partial charge in [0.1, 0.15) is 16.3 Å². The van der Waals surface area contributed by atoms with Crippen LogP contribution in [0.4, 0.5) is 0 Å². The summed E-state index contributed by atoms with van der Waals surface area (Å²) in [7, 11) is 0. The Morgan fingerprint density at radius 2 is 2.24 bits per heavy atom. The Morgan fingerprint density at radius 3 is 3.06 bits per heavy atom. The molecule has 0 aliphatic carbocycles. The summed E-state index contributed by atoms with van der Waals surface area (Å²) in [6, 6.07) is 6.55. The van der Waals surface area contributed by atoms with Crippen LogP contribution in [0.25, 0.3) is 21.7 Å². The van der Waals surface area contributed by atoms with Crippen molar-refractivity contribution in [2.75, 3.05) is 0 Å². The molecule has 3 rings (SSSR count). The maximum absolute atomic E-state index is 11.7. The first kappa shape index (κ1) is 9.98. The number of rotatable bonds is 1. The topological polar surface area (TPSA) is 78.9 Å². The summed E-state index contributed by atoms with van der Waals surface area (Å²) >= 11 is 1.25. The predicted octanol–water partition coefficient (Wildman–Crippen LogP) is 1.75. The first-order valence-corrected chi connectivity index (χ1v) is 5.75. The Labute approximate surface area is 99.4 Å². The highest BCUT2D eigenvalue weighted by Gasteiger charge is 2.08. The van der Waals surface area contributed by atoms with Gasteiger partial charge in [0.15, 0.2) is 5.65 Å². The lowest BCUT2D eigenvalue weighted by atomic mass is 10.2. The minimum absolute atomic E-state index is 0.128. The molecule has 0 aliphatic rings. The Kier molecular flexibility index (Phi) is 2.15. The Hall–Kier alpha value is -2.21. The fourth-order valence-electron chi connectivity index (χ4n) is 1.56. The number of aromatic amines is 1. The number of nitrogens with zero attached hydrogens (tertiary/aromatic N) is 2. The SMILES string of the molecule is O=c1[nH]c(-c2cccc(O)c2)nc2ncsc12. The normalized spacial score (nSPS) is 10.8. The van der Waals surface area contributed by atoms with Gasteiger partial charge in [-0.15, -0.1) is 11.3 Å². The fraction of sp³-hybridized carbons (Fsp3) is 0. The van der Waals surface area contributed by atoms with Crippen LogP contribution < -0.4 is 5.56 Å². The minimum Gasteiger partial charge on any atom is -0.508 e. The average Bonchev–Trinajstić information content (AvgIpc) is 2.77. The van der Waals surface area contributed by atoms with Gasteiger partial charge in [0, 0.05) is 5.56 Å². The Balaban J connectivity index is 2.27. The van der Waals surface area contributed by atoms with Crippen molar-refractivity contribution < 1.29 is 5.11 Å². The lowest BCUT2D eigenvalue weighted by molar-refractivity contribution is 0.475. The molecule has 0 amide bonds. The number of aromatic hydroxyl groups is 1. The molecule has 0 unspecified atom stereocenters. The Bertz CT molecular complexity index is 748. The number of thiazole rings is 1. The van der Waals surface area contributed by atoms with E-state index in [0.29, 0.717) is 21.7 Å². The van der Waals surface area contributed by atoms with E-state index < -0.39 is 0 Å². The van der Waals surface area contributed by atoms with Gasteiger partial charge in [-0.25, -0.2) is 9.97 Å². The monoisotopic (exact) mass is 245 g/mol. The van der Waals surface area contributed by atoms with Gasteiger partial charge in [-0.2, -0.15) is 0 Å². The highest BCUT2D eigenvalue weighted by Crippen LogP contribution is 2.20. The van der Waals surface area contributed by atoms with E-state index in [1.54, 1.807) is 23.7 Å². The summed E-state index contributed by atoms with van der Waals surface area (Å²) in [6.07, 6.45) is 0. The van der Waals surface area contributed by atoms with Gasteiger partial charge in [-0.3, -0.25) is 4.79 Å². The van der Waals surface area contributed by atoms with Crippen LogP contribution in [-0.4, -0.2) is 20.1 Å². The molecule has 2 heterocycles. The smallest absolute Gasteiger partial charge is 0.270 e. The van der Waals surface area contributed by atoms with Gasteiger partial charge in [0.25, 0.3) is 5.56 Å². The maximum Gasteiger partial charge on any atom is 0.270 e. The molecule has 0 saturated carbocycles. The molecule has 84 valence electrons. The predicted molar refractivity (Wildman–Crippen MR) is 65.1 cm³/mol. The van der Waals surface area contributed by atoms with Crippen LogP contribution in [0.2, 0.25) is 0 Å². The van der Waals surface area contributed by atoms with Gasteiger partial charge in [0.2, 0.25) is 0 Å². The highest BCUT2D eigenvalue weighted by molar-refractivity contribution is 7.16. The van der Waals surface area contributed by atoms with Gasteiger partial charge in [-0.1, -0.05) is 12.1 Å². The lowest BCUT2D eigenvalue weighted by Crippen LogP contribution is -2.07. The van der Waals surface area contributed by atoms with E-state index in [0.717, 1.165) is 0 Å². The van der Waals surface area contributed by atoms with Crippen LogP contribution in [0.3, 0.4) is 0 Å². The quantitative estimate of drug-likeness (QED) is 0.684. The molecule has 5 nitrogen and oxygen atoms in total. The van der Waals surface area contributed by atoms with E-state index >= 15 is 0 Å². The summed E-state index contributed by atoms with van der Waals surface area (Å²) in [5, 5.41) is 9.38. The zero-order valence-corrected chi connectivity index (χ0v) is 9.36. The first-order valence-electron chi connectivity index (χ1n) is 4.87. The van der Waals surface area contributed by atoms with Crippen LogP contribution in [-0.2, 0) is 0 Å². The molecule has 0 saturated heterocycles. The number of H-pyrrole nitrogens is 1. The molecular weight excluding hydrogens is 238 g/mol. The third-order valence-electron chi connectivity index (χ3n) is 2.32. The number of hydrogen-bond donors (Lipinski definition) is 2. The lowest BCUT2D eigenvalue weighted by Gasteiger charge is -2.00. The van der Waals surface area contributed by atoms with E-state index in [2.05, 4.69) is 15.0 Å². The number of benzene rings is 1. The fourth-order valence-corrected chi connectivity index (χ4v) is 2.18. The number of aromatic nitrogens is 3. The van der Waals surface area contributed by atoms with Crippen molar-refractivity contribution in [2.24, 2.45) is 0 Å². The van der Waals surface area contributed by atoms with Gasteiger partial charge < -0.3 is 10.1 Å². The third-order valence-corrected chi connectivity index (χ3v) is 3.14. The average molecular weight is 245 g/mol. The van der Waals surface area contributed by atoms with Crippen molar-refractivity contribution in [3.8, 4) is 17.1 Å². The zero-order valence-electron chi connectivity index (χ0n) is 8.54. The van der Waals surface area contributed by atoms with E-state index in [9.17, 15) is 9.90 Å². The van der Waals surface area contributed by atoms with Crippen LogP contribution in [0.15, 0.2) is 34.6 Å². The third kappa shape index (κ3) is 1.68. The molecule has 0 aliphatic heterocycles. The number of nitrogens with one attached hydrogen (secondary N) is 1. The van der Waals surface area contributed by atoms with E-state index in [1.807, 2.05) is 0 Å². The molecule has 3 aromatic rings. The molecule has 17 heavy (non-hydrogen) atoms. The van der Waals surface area contributed by atoms with Crippen molar-refractivity contribution in [2.45, 2.75) is 0 Å². The van der Waals surface area contributed by atoms with Crippen LogP contribution >= 0.6 is 11.3 Å². The van der Waals surface area contributed by atoms with Crippen LogP contribution in [0.1, 0.15) is 0 Å². The van der Waals surface area contributed by atoms with Crippen molar-refractivity contribution >= 4 is 21.7 Å². The zero-order chi connectivity index (χ0) is 11.8. The van der Waals surface area contributed by atoms with E-state index in [-0.39, 0.29) is 11.3 Å². The van der Waals surface area contributed by atoms with Crippen molar-refractivity contribution in [1.29, 1.82) is 0 Å². The molecule has 0 atom stereocenters. The molecule has 2 N–H and O–H groups in total. The molecule has 1 aromatic carbocycles. The number of phenols is 1. The molecule has 0 fully saturated rings. The second-order valence-electron chi connectivity index (χ2n) is 3.47. The van der Waals surface area contributed by atoms with E-state index in [1.165, 1.54) is 17.4 Å². The van der Waals surface area contributed by atoms with Crippen molar-refractivity contribution in [1.82, 2.24) is 15.0 Å². The molecular formula is C11H7N3O2S. The summed E-state index contributed by atoms with van der Waals surface area (Å²) in [5.74, 6) is 0.535. The molecule has 6 heteroatoms. The molecule has 0 radical (unpaired) electrons. The first-order chi connectivity index (χ1) is 8.24. The summed E-state index contributed by atoms with van der Waals surface area (Å²) in [5.41, 5.74) is 2.45. The highest BCUT2D eigenvalue weighted by atomic mass is 32.1. The number of fused-ring (bicyclic) bond motifs is 1. The number of hydrogen-bond acceptors (Lipinski definition) is 5. The van der Waals surface area contributed by atoms with Crippen molar-refractivity contribution in [3.05, 3.63) is 40.1 Å². The van der Waals surface area contributed by atoms with Gasteiger partial charge in [0.05, 0.1) is 5.51 Å². The van der Waals surface area contributed by atoms with Crippen LogP contribution in [0.5, 0.6) is 5.75 Å². The second kappa shape index (κ2) is 3.67. The molecule has 0 spiro atoms. The molecule has 0 bridgehead atoms. The standard InChI is InChI=1S/C11H7N3O2S/c15-7-3-1-2-6(4-7)9-13-10-8(11(16)14-9)17-5-12-10/h1-5,15H,(H,13,14,16). The summed E-state index contributed by atoms with van der Waals surface area (Å²) in [4.78, 5) is 22.7. The minimum atomic E-state index is -0.212.